The Morgan fingerprint density at radius 1 is 0.706 bits per heavy atom. The smallest absolute Gasteiger partial charge is 0.338 e. The molecular formula is C24H26N2O8. The van der Waals surface area contributed by atoms with Gasteiger partial charge in [-0.1, -0.05) is 0 Å². The Balaban J connectivity index is 1.65. The van der Waals surface area contributed by atoms with E-state index in [4.69, 9.17) is 9.47 Å². The molecule has 0 aliphatic heterocycles. The number of hydrogen-bond acceptors (Lipinski definition) is 8. The first-order valence-corrected chi connectivity index (χ1v) is 10.5. The molecule has 180 valence electrons. The van der Waals surface area contributed by atoms with E-state index in [2.05, 4.69) is 15.4 Å². The van der Waals surface area contributed by atoms with Gasteiger partial charge in [-0.3, -0.25) is 14.4 Å². The third-order valence-corrected chi connectivity index (χ3v) is 4.42. The Morgan fingerprint density at radius 3 is 1.76 bits per heavy atom. The van der Waals surface area contributed by atoms with Crippen molar-refractivity contribution in [1.29, 1.82) is 0 Å². The van der Waals surface area contributed by atoms with Gasteiger partial charge in [0.1, 0.15) is 0 Å². The van der Waals surface area contributed by atoms with E-state index < -0.39 is 30.4 Å². The second kappa shape index (κ2) is 13.4. The van der Waals surface area contributed by atoms with Gasteiger partial charge < -0.3 is 24.8 Å². The largest absolute Gasteiger partial charge is 0.465 e. The van der Waals surface area contributed by atoms with E-state index >= 15 is 0 Å². The van der Waals surface area contributed by atoms with E-state index in [1.807, 2.05) is 0 Å². The number of amides is 2. The molecule has 10 heteroatoms. The van der Waals surface area contributed by atoms with Crippen molar-refractivity contribution in [2.45, 2.75) is 26.2 Å². The zero-order valence-electron chi connectivity index (χ0n) is 18.9. The summed E-state index contributed by atoms with van der Waals surface area (Å²) in [6, 6.07) is 12.3. The predicted octanol–water partition coefficient (Wildman–Crippen LogP) is 2.94. The monoisotopic (exact) mass is 470 g/mol. The van der Waals surface area contributed by atoms with E-state index in [0.29, 0.717) is 22.5 Å². The lowest BCUT2D eigenvalue weighted by molar-refractivity contribution is -0.147. The van der Waals surface area contributed by atoms with Crippen LogP contribution in [0.4, 0.5) is 11.4 Å². The quantitative estimate of drug-likeness (QED) is 0.378. The van der Waals surface area contributed by atoms with Crippen molar-refractivity contribution in [2.75, 3.05) is 31.0 Å². The first kappa shape index (κ1) is 26.0. The number of benzene rings is 2. The van der Waals surface area contributed by atoms with Gasteiger partial charge in [-0.25, -0.2) is 9.59 Å². The van der Waals surface area contributed by atoms with Crippen LogP contribution in [0.1, 0.15) is 46.9 Å². The molecule has 0 heterocycles. The molecular weight excluding hydrogens is 444 g/mol. The summed E-state index contributed by atoms with van der Waals surface area (Å²) in [6.45, 7) is 1.49. The van der Waals surface area contributed by atoms with E-state index in [1.54, 1.807) is 19.1 Å². The number of methoxy groups -OCH3 is 1. The highest BCUT2D eigenvalue weighted by atomic mass is 16.5. The zero-order valence-corrected chi connectivity index (χ0v) is 18.9. The van der Waals surface area contributed by atoms with Crippen LogP contribution < -0.4 is 10.6 Å². The van der Waals surface area contributed by atoms with Crippen molar-refractivity contribution in [3.63, 3.8) is 0 Å². The summed E-state index contributed by atoms with van der Waals surface area (Å²) in [4.78, 5) is 58.8. The normalized spacial score (nSPS) is 10.1. The lowest BCUT2D eigenvalue weighted by Crippen LogP contribution is -2.21. The van der Waals surface area contributed by atoms with Crippen LogP contribution in [0.25, 0.3) is 0 Å². The maximum Gasteiger partial charge on any atom is 0.338 e. The Labute approximate surface area is 196 Å². The van der Waals surface area contributed by atoms with Crippen molar-refractivity contribution in [3.8, 4) is 0 Å². The fourth-order valence-corrected chi connectivity index (χ4v) is 2.74. The predicted molar refractivity (Wildman–Crippen MR) is 122 cm³/mol. The minimum atomic E-state index is -0.608. The standard InChI is InChI=1S/C24H26N2O8/c1-3-33-24(31)17-9-13-19(14-10-17)26-21(28)15-34-22(29)6-4-5-20(27)25-18-11-7-16(8-12-18)23(30)32-2/h7-14H,3-6,15H2,1-2H3,(H,25,27)(H,26,28). The van der Waals surface area contributed by atoms with Crippen molar-refractivity contribution >= 4 is 41.1 Å². The van der Waals surface area contributed by atoms with Crippen LogP contribution in [-0.2, 0) is 28.6 Å². The van der Waals surface area contributed by atoms with Gasteiger partial charge in [-0.15, -0.1) is 0 Å². The molecule has 2 aromatic carbocycles. The first-order valence-electron chi connectivity index (χ1n) is 10.5. The van der Waals surface area contributed by atoms with E-state index in [1.165, 1.54) is 43.5 Å². The van der Waals surface area contributed by atoms with Gasteiger partial charge in [0, 0.05) is 24.2 Å². The second-order valence-electron chi connectivity index (χ2n) is 6.98. The minimum Gasteiger partial charge on any atom is -0.465 e. The summed E-state index contributed by atoms with van der Waals surface area (Å²) in [6.07, 6.45) is 0.283. The molecule has 0 bridgehead atoms. The highest BCUT2D eigenvalue weighted by Crippen LogP contribution is 2.12. The lowest BCUT2D eigenvalue weighted by atomic mass is 10.2. The molecule has 2 rings (SSSR count). The molecule has 0 unspecified atom stereocenters. The Bertz CT molecular complexity index is 1020. The van der Waals surface area contributed by atoms with Crippen molar-refractivity contribution in [2.24, 2.45) is 0 Å². The number of anilines is 2. The summed E-state index contributed by atoms with van der Waals surface area (Å²) in [5.41, 5.74) is 1.66. The summed E-state index contributed by atoms with van der Waals surface area (Å²) in [7, 11) is 1.28. The average molecular weight is 470 g/mol. The van der Waals surface area contributed by atoms with Crippen molar-refractivity contribution in [1.82, 2.24) is 0 Å². The van der Waals surface area contributed by atoms with Gasteiger partial charge in [0.25, 0.3) is 5.91 Å². The number of hydrogen-bond donors (Lipinski definition) is 2. The van der Waals surface area contributed by atoms with E-state index in [0.717, 1.165) is 0 Å². The average Bonchev–Trinajstić information content (AvgIpc) is 2.83. The van der Waals surface area contributed by atoms with Crippen LogP contribution >= 0.6 is 0 Å². The van der Waals surface area contributed by atoms with Gasteiger partial charge in [-0.05, 0) is 61.9 Å². The summed E-state index contributed by atoms with van der Waals surface area (Å²) in [5.74, 6) is -2.38. The molecule has 0 spiro atoms. The molecule has 10 nitrogen and oxygen atoms in total. The third kappa shape index (κ3) is 8.73. The lowest BCUT2D eigenvalue weighted by Gasteiger charge is -2.08. The highest BCUT2D eigenvalue weighted by molar-refractivity contribution is 5.95. The van der Waals surface area contributed by atoms with Gasteiger partial charge in [0.2, 0.25) is 5.91 Å². The Hall–Kier alpha value is -4.21. The van der Waals surface area contributed by atoms with Crippen LogP contribution in [0.3, 0.4) is 0 Å². The summed E-state index contributed by atoms with van der Waals surface area (Å²) >= 11 is 0. The summed E-state index contributed by atoms with van der Waals surface area (Å²) < 4.78 is 14.4. The van der Waals surface area contributed by atoms with Crippen LogP contribution in [-0.4, -0.2) is 50.0 Å². The molecule has 2 amide bonds. The molecule has 0 aromatic heterocycles. The molecule has 0 atom stereocenters. The van der Waals surface area contributed by atoms with Gasteiger partial charge in [-0.2, -0.15) is 0 Å². The number of ether oxygens (including phenoxy) is 3. The number of carbonyl (C=O) groups excluding carboxylic acids is 5. The molecule has 0 fully saturated rings. The van der Waals surface area contributed by atoms with Crippen molar-refractivity contribution in [3.05, 3.63) is 59.7 Å². The number of nitrogens with one attached hydrogen (secondary N) is 2. The maximum absolute atomic E-state index is 12.0. The van der Waals surface area contributed by atoms with Gasteiger partial charge in [0.05, 0.1) is 24.8 Å². The van der Waals surface area contributed by atoms with Gasteiger partial charge in [0.15, 0.2) is 6.61 Å². The molecule has 0 saturated carbocycles. The van der Waals surface area contributed by atoms with E-state index in [-0.39, 0.29) is 31.8 Å². The molecule has 0 aliphatic rings. The second-order valence-corrected chi connectivity index (χ2v) is 6.98. The zero-order chi connectivity index (χ0) is 24.9. The molecule has 34 heavy (non-hydrogen) atoms. The third-order valence-electron chi connectivity index (χ3n) is 4.42. The Morgan fingerprint density at radius 2 is 1.24 bits per heavy atom. The van der Waals surface area contributed by atoms with Crippen LogP contribution in [0.5, 0.6) is 0 Å². The molecule has 0 radical (unpaired) electrons. The molecule has 0 saturated heterocycles. The SMILES string of the molecule is CCOC(=O)c1ccc(NC(=O)COC(=O)CCCC(=O)Nc2ccc(C(=O)OC)cc2)cc1. The first-order chi connectivity index (χ1) is 16.3. The Kier molecular flexibility index (Phi) is 10.2. The van der Waals surface area contributed by atoms with Gasteiger partial charge >= 0.3 is 17.9 Å². The fourth-order valence-electron chi connectivity index (χ4n) is 2.74. The fraction of sp³-hybridized carbons (Fsp3) is 0.292. The molecule has 2 aromatic rings. The van der Waals surface area contributed by atoms with Crippen LogP contribution in [0.2, 0.25) is 0 Å². The topological polar surface area (TPSA) is 137 Å². The number of carbonyl (C=O) groups is 5. The molecule has 2 N–H and O–H groups in total. The van der Waals surface area contributed by atoms with Crippen LogP contribution in [0.15, 0.2) is 48.5 Å². The highest BCUT2D eigenvalue weighted by Gasteiger charge is 2.11. The minimum absolute atomic E-state index is 0.0315. The maximum atomic E-state index is 12.0. The van der Waals surface area contributed by atoms with E-state index in [9.17, 15) is 24.0 Å². The molecule has 0 aliphatic carbocycles. The summed E-state index contributed by atoms with van der Waals surface area (Å²) in [5, 5.41) is 5.21. The van der Waals surface area contributed by atoms with Crippen molar-refractivity contribution < 1.29 is 38.2 Å². The number of rotatable bonds is 11. The number of esters is 3. The van der Waals surface area contributed by atoms with Crippen LogP contribution in [0, 0.1) is 0 Å².